The van der Waals surface area contributed by atoms with Gasteiger partial charge in [0.15, 0.2) is 11.5 Å². The Hall–Kier alpha value is -2.54. The maximum atomic E-state index is 13.1. The van der Waals surface area contributed by atoms with Gasteiger partial charge in [0.1, 0.15) is 11.0 Å². The van der Waals surface area contributed by atoms with E-state index in [4.69, 9.17) is 9.47 Å². The van der Waals surface area contributed by atoms with Gasteiger partial charge in [0.05, 0.1) is 4.90 Å². The van der Waals surface area contributed by atoms with Gasteiger partial charge in [-0.15, -0.1) is 10.2 Å². The third-order valence-electron chi connectivity index (χ3n) is 5.20. The number of anilines is 1. The van der Waals surface area contributed by atoms with Crippen LogP contribution in [0.2, 0.25) is 0 Å². The van der Waals surface area contributed by atoms with Crippen LogP contribution < -0.4 is 14.8 Å². The summed E-state index contributed by atoms with van der Waals surface area (Å²) in [5, 5.41) is 11.8. The molecule has 3 heterocycles. The highest BCUT2D eigenvalue weighted by Crippen LogP contribution is 2.37. The highest BCUT2D eigenvalue weighted by Gasteiger charge is 2.39. The lowest BCUT2D eigenvalue weighted by molar-refractivity contribution is -0.119. The van der Waals surface area contributed by atoms with Crippen molar-refractivity contribution in [3.05, 3.63) is 46.9 Å². The minimum atomic E-state index is -3.79. The Morgan fingerprint density at radius 1 is 1.12 bits per heavy atom. The standard InChI is InChI=1S/C20H17BrN4O5S2/c21-13-4-6-14(7-5-13)32(27,28)25-9-1-2-15(25)18(26)22-20-24-23-19(31-20)12-3-8-16-17(10-12)30-11-29-16/h3-8,10,15H,1-2,9,11H2,(H,22,24,26). The fourth-order valence-corrected chi connectivity index (χ4v) is 6.30. The molecule has 166 valence electrons. The second kappa shape index (κ2) is 8.43. The second-order valence-corrected chi connectivity index (χ2v) is 11.0. The zero-order valence-electron chi connectivity index (χ0n) is 16.5. The molecule has 9 nitrogen and oxygen atoms in total. The first-order valence-electron chi connectivity index (χ1n) is 9.73. The van der Waals surface area contributed by atoms with E-state index in [0.717, 1.165) is 10.0 Å². The zero-order valence-corrected chi connectivity index (χ0v) is 19.7. The molecular weight excluding hydrogens is 520 g/mol. The van der Waals surface area contributed by atoms with Gasteiger partial charge in [0.2, 0.25) is 27.9 Å². The van der Waals surface area contributed by atoms with E-state index >= 15 is 0 Å². The van der Waals surface area contributed by atoms with Crippen LogP contribution in [0.5, 0.6) is 11.5 Å². The van der Waals surface area contributed by atoms with Crippen LogP contribution in [0.4, 0.5) is 5.13 Å². The molecule has 2 aromatic carbocycles. The Bertz CT molecular complexity index is 1280. The maximum absolute atomic E-state index is 13.1. The largest absolute Gasteiger partial charge is 0.454 e. The minimum absolute atomic E-state index is 0.154. The number of hydrogen-bond donors (Lipinski definition) is 1. The number of rotatable bonds is 5. The Labute approximate surface area is 196 Å². The number of nitrogens with one attached hydrogen (secondary N) is 1. The molecule has 0 spiro atoms. The molecule has 12 heteroatoms. The van der Waals surface area contributed by atoms with Crippen molar-refractivity contribution in [1.82, 2.24) is 14.5 Å². The number of ether oxygens (including phenoxy) is 2. The highest BCUT2D eigenvalue weighted by molar-refractivity contribution is 9.10. The van der Waals surface area contributed by atoms with E-state index in [-0.39, 0.29) is 18.2 Å². The van der Waals surface area contributed by atoms with Crippen molar-refractivity contribution in [1.29, 1.82) is 0 Å². The molecule has 2 aliphatic heterocycles. The van der Waals surface area contributed by atoms with Crippen molar-refractivity contribution in [2.24, 2.45) is 0 Å². The monoisotopic (exact) mass is 536 g/mol. The Morgan fingerprint density at radius 2 is 1.91 bits per heavy atom. The van der Waals surface area contributed by atoms with Gasteiger partial charge in [-0.3, -0.25) is 10.1 Å². The predicted molar refractivity (Wildman–Crippen MR) is 121 cm³/mol. The molecule has 5 rings (SSSR count). The van der Waals surface area contributed by atoms with E-state index in [1.165, 1.54) is 27.8 Å². The molecule has 0 radical (unpaired) electrons. The predicted octanol–water partition coefficient (Wildman–Crippen LogP) is 3.49. The third-order valence-corrected chi connectivity index (χ3v) is 8.54. The number of hydrogen-bond acceptors (Lipinski definition) is 8. The summed E-state index contributed by atoms with van der Waals surface area (Å²) in [6, 6.07) is 11.0. The SMILES string of the molecule is O=C(Nc1nnc(-c2ccc3c(c2)OCO3)s1)C1CCCN1S(=O)(=O)c1ccc(Br)cc1. The van der Waals surface area contributed by atoms with Crippen LogP contribution in [-0.2, 0) is 14.8 Å². The van der Waals surface area contributed by atoms with Crippen molar-refractivity contribution in [3.8, 4) is 22.1 Å². The minimum Gasteiger partial charge on any atom is -0.454 e. The van der Waals surface area contributed by atoms with Crippen molar-refractivity contribution in [3.63, 3.8) is 0 Å². The molecular formula is C20H17BrN4O5S2. The quantitative estimate of drug-likeness (QED) is 0.531. The van der Waals surface area contributed by atoms with Crippen molar-refractivity contribution >= 4 is 48.3 Å². The zero-order chi connectivity index (χ0) is 22.3. The number of carbonyl (C=O) groups excluding carboxylic acids is 1. The third kappa shape index (κ3) is 3.98. The molecule has 32 heavy (non-hydrogen) atoms. The van der Waals surface area contributed by atoms with Gasteiger partial charge in [-0.25, -0.2) is 8.42 Å². The summed E-state index contributed by atoms with van der Waals surface area (Å²) in [6.07, 6.45) is 1.04. The van der Waals surface area contributed by atoms with Crippen molar-refractivity contribution in [2.45, 2.75) is 23.8 Å². The van der Waals surface area contributed by atoms with Crippen LogP contribution in [0.1, 0.15) is 12.8 Å². The maximum Gasteiger partial charge on any atom is 0.244 e. The lowest BCUT2D eigenvalue weighted by atomic mass is 10.2. The van der Waals surface area contributed by atoms with Crippen molar-refractivity contribution in [2.75, 3.05) is 18.7 Å². The van der Waals surface area contributed by atoms with E-state index in [1.54, 1.807) is 24.3 Å². The van der Waals surface area contributed by atoms with Crippen molar-refractivity contribution < 1.29 is 22.7 Å². The van der Waals surface area contributed by atoms with Crippen LogP contribution >= 0.6 is 27.3 Å². The van der Waals surface area contributed by atoms with E-state index in [9.17, 15) is 13.2 Å². The first-order valence-corrected chi connectivity index (χ1v) is 12.8. The summed E-state index contributed by atoms with van der Waals surface area (Å²) in [7, 11) is -3.79. The molecule has 1 N–H and O–H groups in total. The summed E-state index contributed by atoms with van der Waals surface area (Å²) in [5.41, 5.74) is 0.785. The van der Waals surface area contributed by atoms with Crippen LogP contribution in [0.3, 0.4) is 0 Å². The molecule has 1 unspecified atom stereocenters. The lowest BCUT2D eigenvalue weighted by Gasteiger charge is -2.23. The average Bonchev–Trinajstić information content (AvgIpc) is 3.53. The van der Waals surface area contributed by atoms with Gasteiger partial charge >= 0.3 is 0 Å². The molecule has 0 saturated carbocycles. The summed E-state index contributed by atoms with van der Waals surface area (Å²) in [4.78, 5) is 13.1. The van der Waals surface area contributed by atoms with E-state index in [1.807, 2.05) is 6.07 Å². The van der Waals surface area contributed by atoms with Gasteiger partial charge in [-0.1, -0.05) is 27.3 Å². The molecule has 1 atom stereocenters. The Balaban J connectivity index is 1.32. The second-order valence-electron chi connectivity index (χ2n) is 7.20. The van der Waals surface area contributed by atoms with Crippen LogP contribution in [-0.4, -0.2) is 48.2 Å². The number of amides is 1. The fraction of sp³-hybridized carbons (Fsp3) is 0.250. The number of halogens is 1. The number of aromatic nitrogens is 2. The number of nitrogens with zero attached hydrogens (tertiary/aromatic N) is 3. The summed E-state index contributed by atoms with van der Waals surface area (Å²) >= 11 is 4.51. The molecule has 0 aliphatic carbocycles. The van der Waals surface area contributed by atoms with E-state index < -0.39 is 22.0 Å². The molecule has 1 amide bonds. The summed E-state index contributed by atoms with van der Waals surface area (Å²) < 4.78 is 38.9. The smallest absolute Gasteiger partial charge is 0.244 e. The first-order chi connectivity index (χ1) is 15.4. The average molecular weight is 537 g/mol. The molecule has 1 saturated heterocycles. The summed E-state index contributed by atoms with van der Waals surface area (Å²) in [5.74, 6) is 0.875. The number of carbonyl (C=O) groups is 1. The van der Waals surface area contributed by atoms with Gasteiger partial charge in [-0.05, 0) is 55.3 Å². The fourth-order valence-electron chi connectivity index (χ4n) is 3.64. The normalized spacial score (nSPS) is 18.1. The van der Waals surface area contributed by atoms with Crippen LogP contribution in [0.25, 0.3) is 10.6 Å². The first kappa shape index (κ1) is 21.3. The van der Waals surface area contributed by atoms with E-state index in [2.05, 4.69) is 31.4 Å². The summed E-state index contributed by atoms with van der Waals surface area (Å²) in [6.45, 7) is 0.465. The van der Waals surface area contributed by atoms with Gasteiger partial charge in [-0.2, -0.15) is 4.31 Å². The highest BCUT2D eigenvalue weighted by atomic mass is 79.9. The Kier molecular flexibility index (Phi) is 5.61. The Morgan fingerprint density at radius 3 is 2.72 bits per heavy atom. The van der Waals surface area contributed by atoms with Gasteiger partial charge in [0.25, 0.3) is 0 Å². The topological polar surface area (TPSA) is 111 Å². The molecule has 1 fully saturated rings. The molecule has 0 bridgehead atoms. The number of sulfonamides is 1. The van der Waals surface area contributed by atoms with Crippen LogP contribution in [0.15, 0.2) is 51.8 Å². The molecule has 3 aromatic rings. The molecule has 2 aliphatic rings. The van der Waals surface area contributed by atoms with Gasteiger partial charge < -0.3 is 9.47 Å². The lowest BCUT2D eigenvalue weighted by Crippen LogP contribution is -2.43. The number of fused-ring (bicyclic) bond motifs is 1. The van der Waals surface area contributed by atoms with Gasteiger partial charge in [0, 0.05) is 16.6 Å². The van der Waals surface area contributed by atoms with Crippen LogP contribution in [0, 0.1) is 0 Å². The van der Waals surface area contributed by atoms with E-state index in [0.29, 0.717) is 34.5 Å². The number of benzene rings is 2. The molecule has 1 aromatic heterocycles.